The molecule has 0 heterocycles. The number of carbonyl (C=O) groups is 2. The summed E-state index contributed by atoms with van der Waals surface area (Å²) in [5, 5.41) is 10.5. The van der Waals surface area contributed by atoms with E-state index in [4.69, 9.17) is 0 Å². The molecule has 1 amide bonds. The standard InChI is InChI=1S/C26H36N2O3/c1-27(2)21-12-9-18(10-13-21)11-14-23(29)26-22-16-19(15-20(22)17-24(26)30)7-5-6-8-25(31)28(3)4/h9-15,20,22,24,26,30H,5-8,16-17H2,1-4H3/b14-11+/t20-,22-,24+,26-/m0/s1. The van der Waals surface area contributed by atoms with Crippen molar-refractivity contribution in [2.24, 2.45) is 17.8 Å². The quantitative estimate of drug-likeness (QED) is 0.371. The molecule has 2 aliphatic rings. The van der Waals surface area contributed by atoms with E-state index in [0.717, 1.165) is 36.9 Å². The highest BCUT2D eigenvalue weighted by molar-refractivity contribution is 5.96. The molecule has 0 radical (unpaired) electrons. The van der Waals surface area contributed by atoms with Crippen molar-refractivity contribution < 1.29 is 14.7 Å². The predicted octanol–water partition coefficient (Wildman–Crippen LogP) is 3.93. The molecule has 1 aromatic carbocycles. The molecule has 0 aromatic heterocycles. The maximum atomic E-state index is 12.9. The summed E-state index contributed by atoms with van der Waals surface area (Å²) in [5.74, 6) is 0.403. The molecule has 0 bridgehead atoms. The van der Waals surface area contributed by atoms with Crippen LogP contribution in [0.2, 0.25) is 0 Å². The third-order valence-corrected chi connectivity index (χ3v) is 6.70. The van der Waals surface area contributed by atoms with E-state index in [1.165, 1.54) is 5.57 Å². The van der Waals surface area contributed by atoms with Crippen molar-refractivity contribution in [2.45, 2.75) is 44.6 Å². The Labute approximate surface area is 186 Å². The normalized spacial score (nSPS) is 24.9. The number of rotatable bonds is 9. The van der Waals surface area contributed by atoms with Crippen LogP contribution in [-0.2, 0) is 9.59 Å². The molecule has 5 nitrogen and oxygen atoms in total. The van der Waals surface area contributed by atoms with Crippen LogP contribution >= 0.6 is 0 Å². The van der Waals surface area contributed by atoms with Gasteiger partial charge in [0.2, 0.25) is 5.91 Å². The van der Waals surface area contributed by atoms with Crippen LogP contribution in [-0.4, -0.2) is 56.0 Å². The molecule has 1 fully saturated rings. The van der Waals surface area contributed by atoms with E-state index in [-0.39, 0.29) is 23.5 Å². The topological polar surface area (TPSA) is 60.9 Å². The fourth-order valence-corrected chi connectivity index (χ4v) is 4.91. The molecule has 0 spiro atoms. The highest BCUT2D eigenvalue weighted by Gasteiger charge is 2.47. The number of amides is 1. The number of nitrogens with zero attached hydrogens (tertiary/aromatic N) is 2. The minimum Gasteiger partial charge on any atom is -0.392 e. The van der Waals surface area contributed by atoms with E-state index < -0.39 is 6.10 Å². The first-order valence-corrected chi connectivity index (χ1v) is 11.3. The monoisotopic (exact) mass is 424 g/mol. The maximum absolute atomic E-state index is 12.9. The lowest BCUT2D eigenvalue weighted by atomic mass is 9.86. The van der Waals surface area contributed by atoms with Gasteiger partial charge in [-0.1, -0.05) is 29.9 Å². The van der Waals surface area contributed by atoms with Gasteiger partial charge >= 0.3 is 0 Å². The molecular formula is C26H36N2O3. The molecule has 168 valence electrons. The van der Waals surface area contributed by atoms with Crippen LogP contribution in [0.15, 0.2) is 42.0 Å². The van der Waals surface area contributed by atoms with Gasteiger partial charge in [-0.2, -0.15) is 0 Å². The smallest absolute Gasteiger partial charge is 0.222 e. The van der Waals surface area contributed by atoms with Gasteiger partial charge in [-0.15, -0.1) is 0 Å². The third kappa shape index (κ3) is 5.85. The van der Waals surface area contributed by atoms with Crippen LogP contribution in [0, 0.1) is 17.8 Å². The number of ketones is 1. The van der Waals surface area contributed by atoms with Crippen LogP contribution in [0.25, 0.3) is 6.08 Å². The summed E-state index contributed by atoms with van der Waals surface area (Å²) in [6, 6.07) is 8.07. The molecule has 1 N–H and O–H groups in total. The summed E-state index contributed by atoms with van der Waals surface area (Å²) in [4.78, 5) is 28.3. The van der Waals surface area contributed by atoms with Crippen molar-refractivity contribution in [2.75, 3.05) is 33.1 Å². The molecule has 1 saturated carbocycles. The summed E-state index contributed by atoms with van der Waals surface area (Å²) in [6.07, 6.45) is 10.3. The lowest BCUT2D eigenvalue weighted by Gasteiger charge is -2.19. The first-order valence-electron chi connectivity index (χ1n) is 11.3. The molecule has 4 atom stereocenters. The van der Waals surface area contributed by atoms with E-state index in [9.17, 15) is 14.7 Å². The van der Waals surface area contributed by atoms with E-state index in [2.05, 4.69) is 6.08 Å². The zero-order chi connectivity index (χ0) is 22.5. The molecule has 1 aromatic rings. The van der Waals surface area contributed by atoms with Crippen molar-refractivity contribution in [3.05, 3.63) is 47.6 Å². The predicted molar refractivity (Wildman–Crippen MR) is 126 cm³/mol. The van der Waals surface area contributed by atoms with Gasteiger partial charge in [-0.25, -0.2) is 0 Å². The number of anilines is 1. The maximum Gasteiger partial charge on any atom is 0.222 e. The zero-order valence-corrected chi connectivity index (χ0v) is 19.3. The van der Waals surface area contributed by atoms with Gasteiger partial charge < -0.3 is 14.9 Å². The van der Waals surface area contributed by atoms with Crippen LogP contribution in [0.3, 0.4) is 0 Å². The Morgan fingerprint density at radius 1 is 1.10 bits per heavy atom. The van der Waals surface area contributed by atoms with E-state index in [1.54, 1.807) is 25.1 Å². The van der Waals surface area contributed by atoms with Gasteiger partial charge in [0.05, 0.1) is 12.0 Å². The second kappa shape index (κ2) is 10.3. The van der Waals surface area contributed by atoms with Gasteiger partial charge in [0, 0.05) is 40.3 Å². The summed E-state index contributed by atoms with van der Waals surface area (Å²) in [6.45, 7) is 0. The van der Waals surface area contributed by atoms with Crippen molar-refractivity contribution in [3.8, 4) is 0 Å². The lowest BCUT2D eigenvalue weighted by Crippen LogP contribution is -2.27. The van der Waals surface area contributed by atoms with Crippen molar-refractivity contribution >= 4 is 23.5 Å². The number of hydrogen-bond acceptors (Lipinski definition) is 4. The number of fused-ring (bicyclic) bond motifs is 1. The van der Waals surface area contributed by atoms with E-state index in [0.29, 0.717) is 18.8 Å². The average molecular weight is 425 g/mol. The SMILES string of the molecule is CN(C)C(=O)CCCCC1=C[C@H]2C[C@@H](O)[C@H](C(=O)/C=C/c3ccc(N(C)C)cc3)[C@H]2C1. The summed E-state index contributed by atoms with van der Waals surface area (Å²) < 4.78 is 0. The van der Waals surface area contributed by atoms with Crippen LogP contribution in [0.1, 0.15) is 44.1 Å². The summed E-state index contributed by atoms with van der Waals surface area (Å²) >= 11 is 0. The van der Waals surface area contributed by atoms with Crippen LogP contribution in [0.4, 0.5) is 5.69 Å². The first kappa shape index (κ1) is 23.3. The van der Waals surface area contributed by atoms with Gasteiger partial charge in [-0.05, 0) is 67.7 Å². The van der Waals surface area contributed by atoms with Crippen molar-refractivity contribution in [1.82, 2.24) is 4.90 Å². The minimum atomic E-state index is -0.557. The Morgan fingerprint density at radius 3 is 2.45 bits per heavy atom. The summed E-state index contributed by atoms with van der Waals surface area (Å²) in [5.41, 5.74) is 3.49. The van der Waals surface area contributed by atoms with E-state index in [1.807, 2.05) is 49.3 Å². The number of unbranched alkanes of at least 4 members (excludes halogenated alkanes) is 1. The molecule has 3 rings (SSSR count). The highest BCUT2D eigenvalue weighted by Crippen LogP contribution is 2.48. The molecule has 0 unspecified atom stereocenters. The van der Waals surface area contributed by atoms with Crippen molar-refractivity contribution in [3.63, 3.8) is 0 Å². The Bertz CT molecular complexity index is 839. The molecule has 0 aliphatic heterocycles. The van der Waals surface area contributed by atoms with Crippen molar-refractivity contribution in [1.29, 1.82) is 0 Å². The first-order chi connectivity index (χ1) is 14.8. The molecule has 0 saturated heterocycles. The Balaban J connectivity index is 1.52. The largest absolute Gasteiger partial charge is 0.392 e. The number of benzene rings is 1. The van der Waals surface area contributed by atoms with Gasteiger partial charge in [0.1, 0.15) is 0 Å². The molecule has 5 heteroatoms. The number of aliphatic hydroxyl groups excluding tert-OH is 1. The zero-order valence-electron chi connectivity index (χ0n) is 19.3. The second-order valence-corrected chi connectivity index (χ2v) is 9.40. The summed E-state index contributed by atoms with van der Waals surface area (Å²) in [7, 11) is 7.58. The van der Waals surface area contributed by atoms with Gasteiger partial charge in [0.15, 0.2) is 5.78 Å². The molecular weight excluding hydrogens is 388 g/mol. The Morgan fingerprint density at radius 2 is 1.81 bits per heavy atom. The molecule has 31 heavy (non-hydrogen) atoms. The third-order valence-electron chi connectivity index (χ3n) is 6.70. The fourth-order valence-electron chi connectivity index (χ4n) is 4.91. The molecule has 2 aliphatic carbocycles. The Kier molecular flexibility index (Phi) is 7.71. The number of allylic oxidation sites excluding steroid dienone is 3. The Hall–Kier alpha value is -2.40. The minimum absolute atomic E-state index is 0.0305. The number of carbonyl (C=O) groups excluding carboxylic acids is 2. The van der Waals surface area contributed by atoms with Gasteiger partial charge in [-0.3, -0.25) is 9.59 Å². The van der Waals surface area contributed by atoms with Gasteiger partial charge in [0.25, 0.3) is 0 Å². The average Bonchev–Trinajstić information content (AvgIpc) is 3.25. The van der Waals surface area contributed by atoms with E-state index >= 15 is 0 Å². The number of aliphatic hydroxyl groups is 1. The fraction of sp³-hybridized carbons (Fsp3) is 0.538. The highest BCUT2D eigenvalue weighted by atomic mass is 16.3. The second-order valence-electron chi connectivity index (χ2n) is 9.40. The van der Waals surface area contributed by atoms with Crippen LogP contribution < -0.4 is 4.90 Å². The number of hydrogen-bond donors (Lipinski definition) is 1. The van der Waals surface area contributed by atoms with Crippen LogP contribution in [0.5, 0.6) is 0 Å². The lowest BCUT2D eigenvalue weighted by molar-refractivity contribution is -0.128.